The molecule has 0 N–H and O–H groups in total. The highest BCUT2D eigenvalue weighted by Gasteiger charge is 2.29. The SMILES string of the molecule is COCc1ccc(C(=O)N2CCC[C@@H](c3cc(=O)nc4n3CCC4)C2)cc1. The lowest BCUT2D eigenvalue weighted by molar-refractivity contribution is 0.0704. The summed E-state index contributed by atoms with van der Waals surface area (Å²) in [5, 5.41) is 0. The van der Waals surface area contributed by atoms with E-state index in [1.807, 2.05) is 29.2 Å². The number of piperidine rings is 1. The Morgan fingerprint density at radius 1 is 1.22 bits per heavy atom. The van der Waals surface area contributed by atoms with Gasteiger partial charge in [-0.1, -0.05) is 12.1 Å². The van der Waals surface area contributed by atoms with Gasteiger partial charge in [-0.3, -0.25) is 9.59 Å². The van der Waals surface area contributed by atoms with Crippen LogP contribution in [0.25, 0.3) is 0 Å². The van der Waals surface area contributed by atoms with E-state index in [1.54, 1.807) is 13.2 Å². The van der Waals surface area contributed by atoms with Gasteiger partial charge in [0, 0.05) is 56.4 Å². The van der Waals surface area contributed by atoms with Gasteiger partial charge in [-0.15, -0.1) is 0 Å². The number of ether oxygens (including phenoxy) is 1. The highest BCUT2D eigenvalue weighted by molar-refractivity contribution is 5.94. The third-order valence-electron chi connectivity index (χ3n) is 5.55. The molecule has 1 aromatic carbocycles. The Hall–Kier alpha value is -2.47. The number of carbonyl (C=O) groups excluding carboxylic acids is 1. The van der Waals surface area contributed by atoms with Crippen molar-refractivity contribution in [2.45, 2.75) is 44.8 Å². The van der Waals surface area contributed by atoms with Crippen LogP contribution < -0.4 is 5.56 Å². The van der Waals surface area contributed by atoms with E-state index in [1.165, 1.54) is 0 Å². The molecule has 2 aliphatic rings. The molecule has 0 spiro atoms. The van der Waals surface area contributed by atoms with Gasteiger partial charge in [0.2, 0.25) is 0 Å². The molecule has 6 nitrogen and oxygen atoms in total. The summed E-state index contributed by atoms with van der Waals surface area (Å²) in [6, 6.07) is 9.29. The molecule has 2 aliphatic heterocycles. The van der Waals surface area contributed by atoms with Gasteiger partial charge in [0.25, 0.3) is 11.5 Å². The zero-order chi connectivity index (χ0) is 18.8. The number of likely N-dealkylation sites (tertiary alicyclic amines) is 1. The zero-order valence-electron chi connectivity index (χ0n) is 15.7. The Bertz CT molecular complexity index is 889. The van der Waals surface area contributed by atoms with Gasteiger partial charge < -0.3 is 14.2 Å². The molecule has 142 valence electrons. The van der Waals surface area contributed by atoms with Crippen LogP contribution in [-0.2, 0) is 24.3 Å². The Morgan fingerprint density at radius 2 is 2.04 bits per heavy atom. The smallest absolute Gasteiger partial charge is 0.273 e. The van der Waals surface area contributed by atoms with E-state index in [-0.39, 0.29) is 17.4 Å². The Kier molecular flexibility index (Phi) is 5.07. The number of benzene rings is 1. The largest absolute Gasteiger partial charge is 0.380 e. The minimum Gasteiger partial charge on any atom is -0.380 e. The van der Waals surface area contributed by atoms with Gasteiger partial charge >= 0.3 is 0 Å². The molecule has 1 amide bonds. The fraction of sp³-hybridized carbons (Fsp3) is 0.476. The van der Waals surface area contributed by atoms with Crippen molar-refractivity contribution in [2.75, 3.05) is 20.2 Å². The number of hydrogen-bond donors (Lipinski definition) is 0. The molecule has 1 atom stereocenters. The quantitative estimate of drug-likeness (QED) is 0.832. The van der Waals surface area contributed by atoms with Crippen LogP contribution in [0.1, 0.15) is 52.6 Å². The van der Waals surface area contributed by atoms with Gasteiger partial charge in [-0.25, -0.2) is 0 Å². The molecule has 0 saturated carbocycles. The molecule has 4 rings (SSSR count). The number of methoxy groups -OCH3 is 1. The standard InChI is InChI=1S/C21H25N3O3/c1-27-14-15-6-8-16(9-7-15)21(26)23-10-2-4-17(13-23)18-12-20(25)22-19-5-3-11-24(18)19/h6-9,12,17H,2-5,10-11,13-14H2,1H3/t17-/m1/s1. The predicted octanol–water partition coefficient (Wildman–Crippen LogP) is 2.36. The molecule has 27 heavy (non-hydrogen) atoms. The van der Waals surface area contributed by atoms with E-state index < -0.39 is 0 Å². The molecule has 6 heteroatoms. The molecule has 2 aromatic rings. The van der Waals surface area contributed by atoms with Crippen LogP contribution in [0.4, 0.5) is 0 Å². The summed E-state index contributed by atoms with van der Waals surface area (Å²) >= 11 is 0. The van der Waals surface area contributed by atoms with Crippen LogP contribution in [-0.4, -0.2) is 40.6 Å². The van der Waals surface area contributed by atoms with Gasteiger partial charge in [-0.05, 0) is 37.0 Å². The third-order valence-corrected chi connectivity index (χ3v) is 5.55. The molecule has 1 fully saturated rings. The zero-order valence-corrected chi connectivity index (χ0v) is 15.7. The highest BCUT2D eigenvalue weighted by Crippen LogP contribution is 2.29. The molecule has 1 saturated heterocycles. The van der Waals surface area contributed by atoms with Crippen LogP contribution in [0.2, 0.25) is 0 Å². The molecule has 3 heterocycles. The van der Waals surface area contributed by atoms with Crippen molar-refractivity contribution in [3.8, 4) is 0 Å². The van der Waals surface area contributed by atoms with Crippen LogP contribution in [0.5, 0.6) is 0 Å². The van der Waals surface area contributed by atoms with E-state index >= 15 is 0 Å². The fourth-order valence-electron chi connectivity index (χ4n) is 4.25. The maximum absolute atomic E-state index is 13.0. The van der Waals surface area contributed by atoms with Crippen LogP contribution in [0.3, 0.4) is 0 Å². The second kappa shape index (κ2) is 7.64. The Labute approximate surface area is 158 Å². The summed E-state index contributed by atoms with van der Waals surface area (Å²) in [6.07, 6.45) is 3.85. The van der Waals surface area contributed by atoms with Crippen molar-refractivity contribution in [1.82, 2.24) is 14.5 Å². The number of nitrogens with zero attached hydrogens (tertiary/aromatic N) is 3. The lowest BCUT2D eigenvalue weighted by Gasteiger charge is -2.34. The summed E-state index contributed by atoms with van der Waals surface area (Å²) in [4.78, 5) is 31.0. The number of amides is 1. The van der Waals surface area contributed by atoms with E-state index in [9.17, 15) is 9.59 Å². The van der Waals surface area contributed by atoms with E-state index in [0.29, 0.717) is 18.7 Å². The molecule has 1 aromatic heterocycles. The molecule has 0 unspecified atom stereocenters. The number of carbonyl (C=O) groups is 1. The monoisotopic (exact) mass is 367 g/mol. The number of aryl methyl sites for hydroxylation is 1. The molecular formula is C21H25N3O3. The summed E-state index contributed by atoms with van der Waals surface area (Å²) in [5.41, 5.74) is 2.65. The molecule has 0 radical (unpaired) electrons. The van der Waals surface area contributed by atoms with Gasteiger partial charge in [0.1, 0.15) is 5.82 Å². The number of rotatable bonds is 4. The lowest BCUT2D eigenvalue weighted by atomic mass is 9.93. The third kappa shape index (κ3) is 3.67. The first-order valence-electron chi connectivity index (χ1n) is 9.63. The van der Waals surface area contributed by atoms with E-state index in [0.717, 1.165) is 55.9 Å². The van der Waals surface area contributed by atoms with Crippen molar-refractivity contribution in [1.29, 1.82) is 0 Å². The number of aromatic nitrogens is 2. The summed E-state index contributed by atoms with van der Waals surface area (Å²) in [7, 11) is 1.66. The van der Waals surface area contributed by atoms with Crippen LogP contribution in [0, 0.1) is 0 Å². The average molecular weight is 367 g/mol. The second-order valence-electron chi connectivity index (χ2n) is 7.41. The van der Waals surface area contributed by atoms with E-state index in [2.05, 4.69) is 9.55 Å². The molecular weight excluding hydrogens is 342 g/mol. The highest BCUT2D eigenvalue weighted by atomic mass is 16.5. The average Bonchev–Trinajstić information content (AvgIpc) is 3.16. The van der Waals surface area contributed by atoms with Crippen molar-refractivity contribution in [3.63, 3.8) is 0 Å². The summed E-state index contributed by atoms with van der Waals surface area (Å²) in [5.74, 6) is 1.15. The minimum absolute atomic E-state index is 0.0571. The predicted molar refractivity (Wildman–Crippen MR) is 102 cm³/mol. The topological polar surface area (TPSA) is 64.4 Å². The Morgan fingerprint density at radius 3 is 2.81 bits per heavy atom. The summed E-state index contributed by atoms with van der Waals surface area (Å²) in [6.45, 7) is 2.88. The van der Waals surface area contributed by atoms with Crippen molar-refractivity contribution in [3.05, 3.63) is 63.3 Å². The molecule has 0 aliphatic carbocycles. The van der Waals surface area contributed by atoms with Crippen molar-refractivity contribution >= 4 is 5.91 Å². The lowest BCUT2D eigenvalue weighted by Crippen LogP contribution is -2.40. The van der Waals surface area contributed by atoms with Crippen molar-refractivity contribution in [2.24, 2.45) is 0 Å². The maximum Gasteiger partial charge on any atom is 0.273 e. The van der Waals surface area contributed by atoms with Gasteiger partial charge in [0.05, 0.1) is 6.61 Å². The second-order valence-corrected chi connectivity index (χ2v) is 7.41. The number of hydrogen-bond acceptors (Lipinski definition) is 4. The van der Waals surface area contributed by atoms with Gasteiger partial charge in [0.15, 0.2) is 0 Å². The summed E-state index contributed by atoms with van der Waals surface area (Å²) < 4.78 is 7.32. The van der Waals surface area contributed by atoms with Gasteiger partial charge in [-0.2, -0.15) is 4.98 Å². The van der Waals surface area contributed by atoms with Crippen molar-refractivity contribution < 1.29 is 9.53 Å². The first kappa shape index (κ1) is 17.9. The van der Waals surface area contributed by atoms with E-state index in [4.69, 9.17) is 4.74 Å². The first-order valence-corrected chi connectivity index (χ1v) is 9.63. The van der Waals surface area contributed by atoms with Crippen LogP contribution in [0.15, 0.2) is 35.1 Å². The maximum atomic E-state index is 13.0. The normalized spacial score (nSPS) is 19.1. The molecule has 0 bridgehead atoms. The fourth-order valence-corrected chi connectivity index (χ4v) is 4.25. The number of fused-ring (bicyclic) bond motifs is 1. The van der Waals surface area contributed by atoms with Crippen LogP contribution >= 0.6 is 0 Å². The Balaban J connectivity index is 1.53. The first-order chi connectivity index (χ1) is 13.2. The minimum atomic E-state index is -0.157.